The van der Waals surface area contributed by atoms with Crippen molar-refractivity contribution in [2.45, 2.75) is 12.7 Å². The van der Waals surface area contributed by atoms with Crippen LogP contribution in [0, 0.1) is 10.1 Å². The van der Waals surface area contributed by atoms with Gasteiger partial charge in [-0.05, 0) is 30.3 Å². The number of nitro benzene ring substituents is 1. The van der Waals surface area contributed by atoms with Gasteiger partial charge in [0.25, 0.3) is 11.6 Å². The van der Waals surface area contributed by atoms with Gasteiger partial charge in [0, 0.05) is 31.4 Å². The molecule has 0 fully saturated rings. The van der Waals surface area contributed by atoms with Crippen LogP contribution in [0.5, 0.6) is 0 Å². The maximum absolute atomic E-state index is 12.7. The number of ether oxygens (including phenoxy) is 1. The van der Waals surface area contributed by atoms with E-state index < -0.39 is 22.6 Å². The molecule has 3 rings (SSSR count). The Balaban J connectivity index is 2.05. The van der Waals surface area contributed by atoms with E-state index in [9.17, 15) is 28.1 Å². The van der Waals surface area contributed by atoms with Gasteiger partial charge in [-0.2, -0.15) is 18.2 Å². The topological polar surface area (TPSA) is 86.7 Å². The van der Waals surface area contributed by atoms with Gasteiger partial charge in [-0.15, -0.1) is 0 Å². The Kier molecular flexibility index (Phi) is 5.80. The Morgan fingerprint density at radius 3 is 2.52 bits per heavy atom. The molecule has 1 amide bonds. The average Bonchev–Trinajstić information content (AvgIpc) is 3.01. The predicted octanol–water partition coefficient (Wildman–Crippen LogP) is 4.02. The highest BCUT2D eigenvalue weighted by Gasteiger charge is 2.30. The molecular formula is C18H14F3N3O4S. The predicted molar refractivity (Wildman–Crippen MR) is 99.7 cm³/mol. The van der Waals surface area contributed by atoms with Crippen molar-refractivity contribution in [2.24, 2.45) is 4.99 Å². The van der Waals surface area contributed by atoms with Crippen molar-refractivity contribution in [3.05, 3.63) is 68.5 Å². The summed E-state index contributed by atoms with van der Waals surface area (Å²) >= 11 is 1.07. The number of non-ortho nitro benzene ring substituents is 1. The van der Waals surface area contributed by atoms with E-state index in [1.54, 1.807) is 10.6 Å². The summed E-state index contributed by atoms with van der Waals surface area (Å²) in [6, 6.07) is 8.04. The fourth-order valence-electron chi connectivity index (χ4n) is 2.61. The molecule has 1 heterocycles. The first kappa shape index (κ1) is 20.7. The van der Waals surface area contributed by atoms with Gasteiger partial charge in [-0.1, -0.05) is 11.3 Å². The lowest BCUT2D eigenvalue weighted by atomic mass is 10.1. The molecule has 0 aliphatic heterocycles. The summed E-state index contributed by atoms with van der Waals surface area (Å²) in [4.78, 5) is 27.2. The molecule has 0 N–H and O–H groups in total. The molecule has 0 atom stereocenters. The van der Waals surface area contributed by atoms with Crippen LogP contribution in [0.4, 0.5) is 18.9 Å². The number of carbonyl (C=O) groups excluding carboxylic acids is 1. The lowest BCUT2D eigenvalue weighted by molar-refractivity contribution is -0.384. The van der Waals surface area contributed by atoms with Gasteiger partial charge in [-0.25, -0.2) is 0 Å². The minimum atomic E-state index is -4.50. The summed E-state index contributed by atoms with van der Waals surface area (Å²) in [5.74, 6) is -0.717. The van der Waals surface area contributed by atoms with E-state index in [1.807, 2.05) is 0 Å². The maximum atomic E-state index is 12.7. The number of nitrogens with zero attached hydrogens (tertiary/aromatic N) is 3. The van der Waals surface area contributed by atoms with Crippen LogP contribution >= 0.6 is 11.3 Å². The molecule has 1 aromatic heterocycles. The molecule has 0 aliphatic rings. The van der Waals surface area contributed by atoms with Crippen molar-refractivity contribution in [3.63, 3.8) is 0 Å². The number of hydrogen-bond donors (Lipinski definition) is 0. The molecule has 2 aromatic carbocycles. The van der Waals surface area contributed by atoms with E-state index in [2.05, 4.69) is 4.99 Å². The molecule has 11 heteroatoms. The average molecular weight is 425 g/mol. The SMILES string of the molecule is COCCn1c(=NC(=O)c2ccc(C(F)(F)F)cc2)sc2cc([N+](=O)[O-])ccc21. The number of methoxy groups -OCH3 is 1. The summed E-state index contributed by atoms with van der Waals surface area (Å²) in [6.45, 7) is 0.651. The Labute approximate surface area is 165 Å². The van der Waals surface area contributed by atoms with Gasteiger partial charge in [0.15, 0.2) is 4.80 Å². The number of carbonyl (C=O) groups is 1. The van der Waals surface area contributed by atoms with Gasteiger partial charge >= 0.3 is 6.18 Å². The van der Waals surface area contributed by atoms with Crippen LogP contribution < -0.4 is 4.80 Å². The van der Waals surface area contributed by atoms with Crippen molar-refractivity contribution in [3.8, 4) is 0 Å². The standard InChI is InChI=1S/C18H14F3N3O4S/c1-28-9-8-23-14-7-6-13(24(26)27)10-15(14)29-17(23)22-16(25)11-2-4-12(5-3-11)18(19,20)21/h2-7,10H,8-9H2,1H3. The zero-order chi connectivity index (χ0) is 21.2. The number of halogens is 3. The van der Waals surface area contributed by atoms with Crippen LogP contribution in [0.1, 0.15) is 15.9 Å². The lowest BCUT2D eigenvalue weighted by Gasteiger charge is -2.06. The molecule has 0 spiro atoms. The minimum absolute atomic E-state index is 0.000252. The smallest absolute Gasteiger partial charge is 0.383 e. The highest BCUT2D eigenvalue weighted by molar-refractivity contribution is 7.16. The third-order valence-electron chi connectivity index (χ3n) is 4.05. The summed E-state index contributed by atoms with van der Waals surface area (Å²) in [5.41, 5.74) is -0.326. The second-order valence-electron chi connectivity index (χ2n) is 5.93. The van der Waals surface area contributed by atoms with Crippen molar-refractivity contribution >= 4 is 33.1 Å². The normalized spacial score (nSPS) is 12.5. The monoisotopic (exact) mass is 425 g/mol. The van der Waals surface area contributed by atoms with Gasteiger partial charge in [0.1, 0.15) is 0 Å². The number of alkyl halides is 3. The second-order valence-corrected chi connectivity index (χ2v) is 6.94. The highest BCUT2D eigenvalue weighted by atomic mass is 32.1. The Hall–Kier alpha value is -3.05. The second kappa shape index (κ2) is 8.13. The molecule has 0 aliphatic carbocycles. The molecule has 0 saturated heterocycles. The van der Waals surface area contributed by atoms with Crippen LogP contribution in [-0.2, 0) is 17.5 Å². The lowest BCUT2D eigenvalue weighted by Crippen LogP contribution is -2.19. The number of benzene rings is 2. The first-order valence-electron chi connectivity index (χ1n) is 8.24. The fourth-order valence-corrected chi connectivity index (χ4v) is 3.70. The van der Waals surface area contributed by atoms with Gasteiger partial charge in [-0.3, -0.25) is 14.9 Å². The van der Waals surface area contributed by atoms with E-state index in [0.29, 0.717) is 23.4 Å². The Morgan fingerprint density at radius 1 is 1.24 bits per heavy atom. The number of nitro groups is 1. The number of hydrogen-bond acceptors (Lipinski definition) is 5. The number of fused-ring (bicyclic) bond motifs is 1. The van der Waals surface area contributed by atoms with Crippen molar-refractivity contribution in [2.75, 3.05) is 13.7 Å². The van der Waals surface area contributed by atoms with Crippen LogP contribution in [0.2, 0.25) is 0 Å². The first-order chi connectivity index (χ1) is 13.7. The minimum Gasteiger partial charge on any atom is -0.383 e. The van der Waals surface area contributed by atoms with E-state index in [0.717, 1.165) is 35.6 Å². The third-order valence-corrected chi connectivity index (χ3v) is 5.09. The maximum Gasteiger partial charge on any atom is 0.416 e. The molecule has 29 heavy (non-hydrogen) atoms. The van der Waals surface area contributed by atoms with Gasteiger partial charge < -0.3 is 9.30 Å². The Morgan fingerprint density at radius 2 is 1.93 bits per heavy atom. The van der Waals surface area contributed by atoms with Crippen LogP contribution in [0.25, 0.3) is 10.2 Å². The molecule has 0 saturated carbocycles. The largest absolute Gasteiger partial charge is 0.416 e. The van der Waals surface area contributed by atoms with E-state index in [-0.39, 0.29) is 16.1 Å². The molecular weight excluding hydrogens is 411 g/mol. The zero-order valence-corrected chi connectivity index (χ0v) is 15.8. The van der Waals surface area contributed by atoms with E-state index in [4.69, 9.17) is 4.74 Å². The molecule has 0 bridgehead atoms. The zero-order valence-electron chi connectivity index (χ0n) is 15.0. The number of rotatable bonds is 5. The van der Waals surface area contributed by atoms with Gasteiger partial charge in [0.05, 0.1) is 27.3 Å². The van der Waals surface area contributed by atoms with E-state index in [1.165, 1.54) is 19.2 Å². The summed E-state index contributed by atoms with van der Waals surface area (Å²) in [7, 11) is 1.50. The third kappa shape index (κ3) is 4.51. The summed E-state index contributed by atoms with van der Waals surface area (Å²) in [6.07, 6.45) is -4.50. The molecule has 7 nitrogen and oxygen atoms in total. The molecule has 152 valence electrons. The van der Waals surface area contributed by atoms with Crippen molar-refractivity contribution in [1.29, 1.82) is 0 Å². The van der Waals surface area contributed by atoms with Crippen molar-refractivity contribution in [1.82, 2.24) is 4.57 Å². The summed E-state index contributed by atoms with van der Waals surface area (Å²) in [5, 5.41) is 11.0. The van der Waals surface area contributed by atoms with Crippen molar-refractivity contribution < 1.29 is 27.6 Å². The van der Waals surface area contributed by atoms with Crippen LogP contribution in [0.15, 0.2) is 47.5 Å². The number of thiazole rings is 1. The first-order valence-corrected chi connectivity index (χ1v) is 9.05. The molecule has 0 unspecified atom stereocenters. The number of aromatic nitrogens is 1. The quantitative estimate of drug-likeness (QED) is 0.456. The molecule has 0 radical (unpaired) electrons. The van der Waals surface area contributed by atoms with Gasteiger partial charge in [0.2, 0.25) is 0 Å². The highest BCUT2D eigenvalue weighted by Crippen LogP contribution is 2.29. The van der Waals surface area contributed by atoms with Crippen LogP contribution in [0.3, 0.4) is 0 Å². The molecule has 3 aromatic rings. The summed E-state index contributed by atoms with van der Waals surface area (Å²) < 4.78 is 45.3. The number of amides is 1. The Bertz CT molecular complexity index is 1130. The van der Waals surface area contributed by atoms with Crippen LogP contribution in [-0.4, -0.2) is 29.1 Å². The fraction of sp³-hybridized carbons (Fsp3) is 0.222. The van der Waals surface area contributed by atoms with E-state index >= 15 is 0 Å².